The molecule has 0 aliphatic heterocycles. The molecule has 4 heteroatoms. The SMILES string of the molecule is O/N=C1\c2ccccc2-c2[nH]nc(-c3ccccc3)c21. The minimum Gasteiger partial charge on any atom is -0.410 e. The quantitative estimate of drug-likeness (QED) is 0.408. The summed E-state index contributed by atoms with van der Waals surface area (Å²) in [6, 6.07) is 17.7. The second kappa shape index (κ2) is 4.06. The lowest BCUT2D eigenvalue weighted by atomic mass is 10.0. The summed E-state index contributed by atoms with van der Waals surface area (Å²) in [5.74, 6) is 0. The van der Waals surface area contributed by atoms with E-state index in [1.54, 1.807) is 0 Å². The highest BCUT2D eigenvalue weighted by Crippen LogP contribution is 2.40. The van der Waals surface area contributed by atoms with Crippen molar-refractivity contribution in [3.63, 3.8) is 0 Å². The Bertz CT molecular complexity index is 819. The molecule has 0 unspecified atom stereocenters. The Morgan fingerprint density at radius 1 is 0.900 bits per heavy atom. The highest BCUT2D eigenvalue weighted by molar-refractivity contribution is 6.26. The van der Waals surface area contributed by atoms with Crippen LogP contribution in [0.2, 0.25) is 0 Å². The zero-order valence-electron chi connectivity index (χ0n) is 10.5. The van der Waals surface area contributed by atoms with Crippen LogP contribution in [0.3, 0.4) is 0 Å². The van der Waals surface area contributed by atoms with Gasteiger partial charge in [-0.3, -0.25) is 5.10 Å². The first-order valence-corrected chi connectivity index (χ1v) is 6.36. The molecule has 20 heavy (non-hydrogen) atoms. The predicted molar refractivity (Wildman–Crippen MR) is 76.9 cm³/mol. The lowest BCUT2D eigenvalue weighted by Crippen LogP contribution is -1.99. The summed E-state index contributed by atoms with van der Waals surface area (Å²) < 4.78 is 0. The van der Waals surface area contributed by atoms with Crippen LogP contribution in [-0.4, -0.2) is 21.1 Å². The summed E-state index contributed by atoms with van der Waals surface area (Å²) in [6.45, 7) is 0. The minimum atomic E-state index is 0.572. The number of rotatable bonds is 1. The zero-order valence-corrected chi connectivity index (χ0v) is 10.5. The topological polar surface area (TPSA) is 61.3 Å². The van der Waals surface area contributed by atoms with E-state index in [1.165, 1.54) is 0 Å². The van der Waals surface area contributed by atoms with Crippen molar-refractivity contribution in [1.82, 2.24) is 10.2 Å². The van der Waals surface area contributed by atoms with Gasteiger partial charge >= 0.3 is 0 Å². The molecular weight excluding hydrogens is 250 g/mol. The average Bonchev–Trinajstić information content (AvgIpc) is 3.06. The standard InChI is InChI=1S/C16H11N3O/c20-19-16-12-9-5-4-8-11(12)15-13(16)14(17-18-15)10-6-2-1-3-7-10/h1-9,20H,(H,17,18)/b19-16+. The number of nitrogens with zero attached hydrogens (tertiary/aromatic N) is 2. The van der Waals surface area contributed by atoms with E-state index < -0.39 is 0 Å². The predicted octanol–water partition coefficient (Wildman–Crippen LogP) is 3.28. The normalized spacial score (nSPS) is 14.3. The van der Waals surface area contributed by atoms with Crippen LogP contribution in [0.4, 0.5) is 0 Å². The van der Waals surface area contributed by atoms with Crippen LogP contribution in [0.1, 0.15) is 11.1 Å². The van der Waals surface area contributed by atoms with Gasteiger partial charge in [0.05, 0.1) is 11.3 Å². The Morgan fingerprint density at radius 2 is 1.60 bits per heavy atom. The molecule has 1 aromatic heterocycles. The number of oxime groups is 1. The molecule has 0 radical (unpaired) electrons. The molecule has 0 atom stereocenters. The van der Waals surface area contributed by atoms with Crippen molar-refractivity contribution >= 4 is 5.71 Å². The van der Waals surface area contributed by atoms with Gasteiger partial charge < -0.3 is 5.21 Å². The summed E-state index contributed by atoms with van der Waals surface area (Å²) in [5.41, 5.74) is 6.10. The average molecular weight is 261 g/mol. The van der Waals surface area contributed by atoms with Gasteiger partial charge in [0.25, 0.3) is 0 Å². The summed E-state index contributed by atoms with van der Waals surface area (Å²) in [7, 11) is 0. The fourth-order valence-corrected chi connectivity index (χ4v) is 2.72. The first-order chi connectivity index (χ1) is 9.90. The van der Waals surface area contributed by atoms with Crippen molar-refractivity contribution in [3.8, 4) is 22.5 Å². The monoisotopic (exact) mass is 261 g/mol. The number of aromatic nitrogens is 2. The lowest BCUT2D eigenvalue weighted by molar-refractivity contribution is 0.320. The maximum atomic E-state index is 9.40. The van der Waals surface area contributed by atoms with Crippen LogP contribution in [0.25, 0.3) is 22.5 Å². The number of fused-ring (bicyclic) bond motifs is 3. The maximum Gasteiger partial charge on any atom is 0.122 e. The van der Waals surface area contributed by atoms with Gasteiger partial charge in [0.2, 0.25) is 0 Å². The van der Waals surface area contributed by atoms with Gasteiger partial charge in [-0.1, -0.05) is 59.8 Å². The maximum absolute atomic E-state index is 9.40. The number of hydrogen-bond donors (Lipinski definition) is 2. The molecule has 2 aromatic carbocycles. The molecule has 96 valence electrons. The van der Waals surface area contributed by atoms with Crippen molar-refractivity contribution in [2.45, 2.75) is 0 Å². The third kappa shape index (κ3) is 1.36. The van der Waals surface area contributed by atoms with Crippen LogP contribution < -0.4 is 0 Å². The molecule has 0 fully saturated rings. The van der Waals surface area contributed by atoms with Gasteiger partial charge in [-0.15, -0.1) is 0 Å². The Balaban J connectivity index is 2.01. The molecule has 1 aliphatic rings. The van der Waals surface area contributed by atoms with Gasteiger partial charge in [-0.2, -0.15) is 5.10 Å². The molecule has 0 saturated heterocycles. The van der Waals surface area contributed by atoms with E-state index in [4.69, 9.17) is 0 Å². The second-order valence-corrected chi connectivity index (χ2v) is 4.68. The van der Waals surface area contributed by atoms with Crippen molar-refractivity contribution < 1.29 is 5.21 Å². The third-order valence-electron chi connectivity index (χ3n) is 3.60. The molecule has 4 rings (SSSR count). The van der Waals surface area contributed by atoms with E-state index in [2.05, 4.69) is 15.4 Å². The van der Waals surface area contributed by atoms with Crippen molar-refractivity contribution in [2.24, 2.45) is 5.16 Å². The second-order valence-electron chi connectivity index (χ2n) is 4.68. The Kier molecular flexibility index (Phi) is 2.23. The lowest BCUT2D eigenvalue weighted by Gasteiger charge is -2.01. The summed E-state index contributed by atoms with van der Waals surface area (Å²) in [5, 5.41) is 20.3. The molecule has 3 aromatic rings. The molecule has 1 heterocycles. The van der Waals surface area contributed by atoms with Gasteiger partial charge in [-0.05, 0) is 0 Å². The number of aromatic amines is 1. The molecule has 0 saturated carbocycles. The molecule has 0 spiro atoms. The molecule has 0 bridgehead atoms. The Morgan fingerprint density at radius 3 is 2.35 bits per heavy atom. The summed E-state index contributed by atoms with van der Waals surface area (Å²) in [4.78, 5) is 0. The smallest absolute Gasteiger partial charge is 0.122 e. The van der Waals surface area contributed by atoms with Crippen molar-refractivity contribution in [1.29, 1.82) is 0 Å². The largest absolute Gasteiger partial charge is 0.410 e. The van der Waals surface area contributed by atoms with E-state index in [9.17, 15) is 5.21 Å². The van der Waals surface area contributed by atoms with Gasteiger partial charge in [0.1, 0.15) is 11.4 Å². The van der Waals surface area contributed by atoms with Crippen LogP contribution >= 0.6 is 0 Å². The van der Waals surface area contributed by atoms with Crippen LogP contribution in [0, 0.1) is 0 Å². The van der Waals surface area contributed by atoms with E-state index in [0.717, 1.165) is 33.6 Å². The number of hydrogen-bond acceptors (Lipinski definition) is 3. The van der Waals surface area contributed by atoms with Crippen LogP contribution in [0.15, 0.2) is 59.8 Å². The third-order valence-corrected chi connectivity index (χ3v) is 3.60. The minimum absolute atomic E-state index is 0.572. The fraction of sp³-hybridized carbons (Fsp3) is 0. The van der Waals surface area contributed by atoms with Gasteiger partial charge in [0.15, 0.2) is 0 Å². The molecular formula is C16H11N3O. The van der Waals surface area contributed by atoms with Crippen LogP contribution in [-0.2, 0) is 0 Å². The first kappa shape index (κ1) is 11.0. The number of benzene rings is 2. The zero-order chi connectivity index (χ0) is 13.5. The first-order valence-electron chi connectivity index (χ1n) is 6.36. The van der Waals surface area contributed by atoms with E-state index in [1.807, 2.05) is 54.6 Å². The highest BCUT2D eigenvalue weighted by atomic mass is 16.4. The fourth-order valence-electron chi connectivity index (χ4n) is 2.72. The Labute approximate surface area is 115 Å². The van der Waals surface area contributed by atoms with Gasteiger partial charge in [-0.25, -0.2) is 0 Å². The highest BCUT2D eigenvalue weighted by Gasteiger charge is 2.31. The summed E-state index contributed by atoms with van der Waals surface area (Å²) in [6.07, 6.45) is 0. The number of H-pyrrole nitrogens is 1. The molecule has 4 nitrogen and oxygen atoms in total. The van der Waals surface area contributed by atoms with Crippen LogP contribution in [0.5, 0.6) is 0 Å². The van der Waals surface area contributed by atoms with Crippen molar-refractivity contribution in [2.75, 3.05) is 0 Å². The molecule has 2 N–H and O–H groups in total. The molecule has 0 amide bonds. The Hall–Kier alpha value is -2.88. The van der Waals surface area contributed by atoms with Gasteiger partial charge in [0, 0.05) is 16.7 Å². The van der Waals surface area contributed by atoms with Crippen molar-refractivity contribution in [3.05, 3.63) is 65.7 Å². The molecule has 1 aliphatic carbocycles. The summed E-state index contributed by atoms with van der Waals surface area (Å²) >= 11 is 0. The van der Waals surface area contributed by atoms with E-state index in [0.29, 0.717) is 5.71 Å². The van der Waals surface area contributed by atoms with E-state index >= 15 is 0 Å². The van der Waals surface area contributed by atoms with E-state index in [-0.39, 0.29) is 0 Å². The number of nitrogens with one attached hydrogen (secondary N) is 1.